The molecular formula is C26H28O16. The lowest BCUT2D eigenvalue weighted by Crippen LogP contribution is -2.60. The molecule has 0 aliphatic carbocycles. The molecule has 0 amide bonds. The first-order chi connectivity index (χ1) is 19.9. The first-order valence-electron chi connectivity index (χ1n) is 12.6. The predicted octanol–water partition coefficient (Wildman–Crippen LogP) is -2.43. The zero-order valence-electron chi connectivity index (χ0n) is 21.4. The van der Waals surface area contributed by atoms with Crippen LogP contribution < -0.4 is 14.9 Å². The first-order valence-corrected chi connectivity index (χ1v) is 12.6. The van der Waals surface area contributed by atoms with E-state index < -0.39 is 108 Å². The number of ether oxygens (including phenoxy) is 4. The van der Waals surface area contributed by atoms with Gasteiger partial charge < -0.3 is 74.4 Å². The van der Waals surface area contributed by atoms with Crippen molar-refractivity contribution >= 4 is 11.0 Å². The van der Waals surface area contributed by atoms with Crippen LogP contribution in [0.4, 0.5) is 0 Å². The van der Waals surface area contributed by atoms with Crippen LogP contribution in [0.25, 0.3) is 22.3 Å². The van der Waals surface area contributed by atoms with Crippen molar-refractivity contribution in [2.75, 3.05) is 13.2 Å². The molecule has 0 bridgehead atoms. The molecule has 2 fully saturated rings. The van der Waals surface area contributed by atoms with Gasteiger partial charge in [-0.15, -0.1) is 0 Å². The third-order valence-electron chi connectivity index (χ3n) is 6.96. The standard InChI is InChI=1S/C26H28O16/c27-6-13-16(32)18(34)20(36)26(40-13)41-23-17(33)14-10(29)5-12(8-1-3-9(28)4-2-8)39-22(14)24(21(23)37)42-25-19(35)15(31)11(30)7-38-25/h1-5,11,13,15-16,18-20,25-28,30-37H,6-7H2/t11-,13-,15-,16+,18-,19-,20+,25+,26+/m1/s1. The van der Waals surface area contributed by atoms with E-state index in [1.54, 1.807) is 0 Å². The monoisotopic (exact) mass is 596 g/mol. The van der Waals surface area contributed by atoms with Crippen molar-refractivity contribution in [1.29, 1.82) is 0 Å². The van der Waals surface area contributed by atoms with Crippen LogP contribution in [0.5, 0.6) is 28.7 Å². The zero-order valence-corrected chi connectivity index (χ0v) is 21.4. The van der Waals surface area contributed by atoms with Crippen LogP contribution in [-0.2, 0) is 9.47 Å². The Balaban J connectivity index is 1.66. The van der Waals surface area contributed by atoms with Gasteiger partial charge >= 0.3 is 0 Å². The van der Waals surface area contributed by atoms with Gasteiger partial charge in [0.1, 0.15) is 59.6 Å². The van der Waals surface area contributed by atoms with Crippen molar-refractivity contribution in [1.82, 2.24) is 0 Å². The van der Waals surface area contributed by atoms with Gasteiger partial charge in [0, 0.05) is 11.6 Å². The Morgan fingerprint density at radius 1 is 0.786 bits per heavy atom. The maximum absolute atomic E-state index is 13.3. The van der Waals surface area contributed by atoms with Crippen LogP contribution in [0.2, 0.25) is 0 Å². The normalized spacial score (nSPS) is 31.6. The lowest BCUT2D eigenvalue weighted by molar-refractivity contribution is -0.277. The molecule has 10 N–H and O–H groups in total. The summed E-state index contributed by atoms with van der Waals surface area (Å²) in [6, 6.07) is 6.40. The topological polar surface area (TPSA) is 269 Å². The number of phenols is 3. The second-order valence-electron chi connectivity index (χ2n) is 9.76. The van der Waals surface area contributed by atoms with Crippen molar-refractivity contribution in [3.63, 3.8) is 0 Å². The van der Waals surface area contributed by atoms with Crippen LogP contribution >= 0.6 is 0 Å². The fourth-order valence-electron chi connectivity index (χ4n) is 4.58. The van der Waals surface area contributed by atoms with Gasteiger partial charge in [-0.05, 0) is 24.3 Å². The maximum atomic E-state index is 13.3. The highest BCUT2D eigenvalue weighted by molar-refractivity contribution is 5.95. The van der Waals surface area contributed by atoms with Gasteiger partial charge in [-0.2, -0.15) is 0 Å². The fraction of sp³-hybridized carbons (Fsp3) is 0.423. The summed E-state index contributed by atoms with van der Waals surface area (Å²) in [5.74, 6) is -4.00. The quantitative estimate of drug-likeness (QED) is 0.142. The molecule has 228 valence electrons. The molecule has 2 aliphatic heterocycles. The third kappa shape index (κ3) is 5.19. The van der Waals surface area contributed by atoms with Crippen LogP contribution in [0.15, 0.2) is 39.5 Å². The second-order valence-corrected chi connectivity index (χ2v) is 9.76. The van der Waals surface area contributed by atoms with E-state index in [0.29, 0.717) is 0 Å². The molecule has 3 heterocycles. The number of hydrogen-bond donors (Lipinski definition) is 10. The van der Waals surface area contributed by atoms with E-state index in [4.69, 9.17) is 23.4 Å². The summed E-state index contributed by atoms with van der Waals surface area (Å²) in [5.41, 5.74) is -1.20. The molecule has 1 aromatic heterocycles. The summed E-state index contributed by atoms with van der Waals surface area (Å²) < 4.78 is 27.3. The molecule has 42 heavy (non-hydrogen) atoms. The van der Waals surface area contributed by atoms with E-state index in [-0.39, 0.29) is 17.1 Å². The summed E-state index contributed by atoms with van der Waals surface area (Å²) in [7, 11) is 0. The van der Waals surface area contributed by atoms with Gasteiger partial charge in [0.2, 0.25) is 29.8 Å². The van der Waals surface area contributed by atoms with Crippen molar-refractivity contribution in [2.45, 2.75) is 55.3 Å². The minimum atomic E-state index is -1.98. The fourth-order valence-corrected chi connectivity index (χ4v) is 4.58. The Bertz CT molecular complexity index is 1490. The minimum absolute atomic E-state index is 0.0830. The summed E-state index contributed by atoms with van der Waals surface area (Å²) in [6.07, 6.45) is -15.8. The molecule has 5 rings (SSSR count). The van der Waals surface area contributed by atoms with Crippen molar-refractivity contribution in [2.24, 2.45) is 0 Å². The minimum Gasteiger partial charge on any atom is -0.508 e. The van der Waals surface area contributed by atoms with E-state index in [9.17, 15) is 55.9 Å². The van der Waals surface area contributed by atoms with Gasteiger partial charge in [-0.25, -0.2) is 0 Å². The number of fused-ring (bicyclic) bond motifs is 1. The molecule has 16 nitrogen and oxygen atoms in total. The summed E-state index contributed by atoms with van der Waals surface area (Å²) in [4.78, 5) is 13.3. The lowest BCUT2D eigenvalue weighted by atomic mass is 9.99. The van der Waals surface area contributed by atoms with Crippen molar-refractivity contribution in [3.05, 3.63) is 40.6 Å². The number of aliphatic hydroxyl groups is 7. The molecule has 2 aliphatic rings. The van der Waals surface area contributed by atoms with Gasteiger partial charge in [0.15, 0.2) is 16.8 Å². The largest absolute Gasteiger partial charge is 0.508 e. The average Bonchev–Trinajstić information content (AvgIpc) is 2.97. The van der Waals surface area contributed by atoms with E-state index in [0.717, 1.165) is 6.07 Å². The number of benzene rings is 2. The lowest BCUT2D eigenvalue weighted by Gasteiger charge is -2.39. The molecule has 0 saturated carbocycles. The molecule has 2 aromatic carbocycles. The highest BCUT2D eigenvalue weighted by Crippen LogP contribution is 2.51. The van der Waals surface area contributed by atoms with E-state index in [1.807, 2.05) is 0 Å². The van der Waals surface area contributed by atoms with Crippen LogP contribution in [0.3, 0.4) is 0 Å². The Kier molecular flexibility index (Phi) is 8.17. The zero-order chi connectivity index (χ0) is 30.5. The van der Waals surface area contributed by atoms with Crippen LogP contribution in [0, 0.1) is 0 Å². The molecule has 3 aromatic rings. The number of rotatable bonds is 6. The van der Waals surface area contributed by atoms with Gasteiger partial charge in [-0.3, -0.25) is 4.79 Å². The average molecular weight is 596 g/mol. The molecule has 2 saturated heterocycles. The Morgan fingerprint density at radius 2 is 1.43 bits per heavy atom. The highest BCUT2D eigenvalue weighted by atomic mass is 16.7. The summed E-state index contributed by atoms with van der Waals surface area (Å²) in [5, 5.41) is 102. The summed E-state index contributed by atoms with van der Waals surface area (Å²) >= 11 is 0. The van der Waals surface area contributed by atoms with E-state index in [1.165, 1.54) is 24.3 Å². The van der Waals surface area contributed by atoms with Crippen LogP contribution in [0.1, 0.15) is 0 Å². The SMILES string of the molecule is O=c1cc(-c2ccc(O)cc2)oc2c(O[C@@H]3OC[C@@H](O)[C@@H](O)[C@H]3O)c(O)c(O[C@@H]3O[C@H](CO)[C@H](O)[C@@H](O)[C@@H]3O)c(O)c12. The van der Waals surface area contributed by atoms with Gasteiger partial charge in [-0.1, -0.05) is 0 Å². The predicted molar refractivity (Wildman–Crippen MR) is 136 cm³/mol. The number of phenolic OH excluding ortho intramolecular Hbond substituents is 3. The third-order valence-corrected chi connectivity index (χ3v) is 6.96. The van der Waals surface area contributed by atoms with E-state index >= 15 is 0 Å². The summed E-state index contributed by atoms with van der Waals surface area (Å²) in [6.45, 7) is -1.32. The Hall–Kier alpha value is -3.71. The van der Waals surface area contributed by atoms with Gasteiger partial charge in [0.25, 0.3) is 0 Å². The number of aromatic hydroxyl groups is 3. The molecular weight excluding hydrogens is 568 g/mol. The molecule has 0 radical (unpaired) electrons. The van der Waals surface area contributed by atoms with E-state index in [2.05, 4.69) is 0 Å². The van der Waals surface area contributed by atoms with Crippen LogP contribution in [-0.4, -0.2) is 120 Å². The number of hydrogen-bond acceptors (Lipinski definition) is 16. The highest BCUT2D eigenvalue weighted by Gasteiger charge is 2.46. The van der Waals surface area contributed by atoms with Gasteiger partial charge in [0.05, 0.1) is 13.2 Å². The molecule has 16 heteroatoms. The first kappa shape index (κ1) is 29.8. The smallest absolute Gasteiger partial charge is 0.229 e. The van der Waals surface area contributed by atoms with Crippen molar-refractivity contribution < 1.29 is 74.4 Å². The Labute approximate surface area is 235 Å². The second kappa shape index (κ2) is 11.5. The molecule has 9 atom stereocenters. The maximum Gasteiger partial charge on any atom is 0.229 e. The Morgan fingerprint density at radius 3 is 2.10 bits per heavy atom. The molecule has 0 unspecified atom stereocenters. The van der Waals surface area contributed by atoms with Crippen molar-refractivity contribution in [3.8, 4) is 40.1 Å². The molecule has 0 spiro atoms. The number of aliphatic hydroxyl groups excluding tert-OH is 7.